The van der Waals surface area contributed by atoms with E-state index in [1.54, 1.807) is 21.6 Å². The Balaban J connectivity index is 1.95. The molecular weight excluding hydrogens is 230 g/mol. The van der Waals surface area contributed by atoms with Crippen LogP contribution >= 0.6 is 21.6 Å². The summed E-state index contributed by atoms with van der Waals surface area (Å²) in [6.45, 7) is 5.79. The van der Waals surface area contributed by atoms with Crippen LogP contribution in [0.5, 0.6) is 0 Å². The maximum atomic E-state index is 11.9. The van der Waals surface area contributed by atoms with Gasteiger partial charge in [0, 0.05) is 6.54 Å². The van der Waals surface area contributed by atoms with Crippen LogP contribution < -0.4 is 10.6 Å². The van der Waals surface area contributed by atoms with E-state index < -0.39 is 0 Å². The quantitative estimate of drug-likeness (QED) is 0.568. The number of rotatable bonds is 4. The minimum absolute atomic E-state index is 0.109. The molecule has 0 bridgehead atoms. The lowest BCUT2D eigenvalue weighted by atomic mass is 10.0. The molecule has 0 spiro atoms. The van der Waals surface area contributed by atoms with Crippen molar-refractivity contribution in [3.8, 4) is 0 Å². The van der Waals surface area contributed by atoms with Crippen LogP contribution in [-0.4, -0.2) is 35.5 Å². The van der Waals surface area contributed by atoms with Crippen molar-refractivity contribution in [2.75, 3.05) is 13.1 Å². The first-order valence-corrected chi connectivity index (χ1v) is 7.37. The van der Waals surface area contributed by atoms with Gasteiger partial charge >= 0.3 is 0 Å². The molecule has 2 aliphatic heterocycles. The van der Waals surface area contributed by atoms with E-state index in [0.29, 0.717) is 5.92 Å². The molecule has 6 heteroatoms. The number of guanidine groups is 1. The minimum atomic E-state index is -0.109. The molecule has 1 unspecified atom stereocenters. The fraction of sp³-hybridized carbons (Fsp3) is 0.778. The Morgan fingerprint density at radius 1 is 1.60 bits per heavy atom. The van der Waals surface area contributed by atoms with Crippen molar-refractivity contribution in [2.45, 2.75) is 24.5 Å². The summed E-state index contributed by atoms with van der Waals surface area (Å²) in [6.07, 6.45) is 0. The maximum absolute atomic E-state index is 11.9. The summed E-state index contributed by atoms with van der Waals surface area (Å²) in [6, 6.07) is -0.109. The largest absolute Gasteiger partial charge is 0.355 e. The van der Waals surface area contributed by atoms with E-state index in [1.165, 1.54) is 0 Å². The molecule has 2 heterocycles. The SMILES string of the molecule is CC(C)C(NC1=NCCN1)C(=O)C1SS1. The van der Waals surface area contributed by atoms with Gasteiger partial charge in [0.1, 0.15) is 4.58 Å². The molecule has 0 saturated carbocycles. The van der Waals surface area contributed by atoms with Gasteiger partial charge in [0.15, 0.2) is 11.7 Å². The van der Waals surface area contributed by atoms with Crippen LogP contribution in [0.4, 0.5) is 0 Å². The normalized spacial score (nSPS) is 22.2. The van der Waals surface area contributed by atoms with Crippen LogP contribution in [0.15, 0.2) is 4.99 Å². The zero-order valence-electron chi connectivity index (χ0n) is 8.82. The highest BCUT2D eigenvalue weighted by Gasteiger charge is 2.39. The van der Waals surface area contributed by atoms with E-state index in [9.17, 15) is 4.79 Å². The third kappa shape index (κ3) is 2.81. The number of hydrogen-bond donors (Lipinski definition) is 2. The predicted octanol–water partition coefficient (Wildman–Crippen LogP) is 0.850. The van der Waals surface area contributed by atoms with Crippen LogP contribution in [0, 0.1) is 5.92 Å². The molecule has 0 aromatic carbocycles. The molecule has 0 amide bonds. The number of nitrogens with one attached hydrogen (secondary N) is 2. The van der Waals surface area contributed by atoms with Gasteiger partial charge in [-0.3, -0.25) is 9.79 Å². The topological polar surface area (TPSA) is 53.5 Å². The highest BCUT2D eigenvalue weighted by atomic mass is 33.2. The van der Waals surface area contributed by atoms with Gasteiger partial charge < -0.3 is 10.6 Å². The molecule has 1 saturated heterocycles. The Kier molecular flexibility index (Phi) is 3.45. The van der Waals surface area contributed by atoms with E-state index >= 15 is 0 Å². The average molecular weight is 245 g/mol. The molecular formula is C9H15N3OS2. The fourth-order valence-electron chi connectivity index (χ4n) is 1.48. The van der Waals surface area contributed by atoms with Crippen molar-refractivity contribution >= 4 is 33.3 Å². The average Bonchev–Trinajstić information content (AvgIpc) is 2.92. The van der Waals surface area contributed by atoms with Crippen molar-refractivity contribution in [3.63, 3.8) is 0 Å². The molecule has 0 aliphatic carbocycles. The number of Topliss-reactive ketones (excluding diaryl/α,β-unsaturated/α-hetero) is 1. The number of ketones is 1. The van der Waals surface area contributed by atoms with E-state index in [-0.39, 0.29) is 16.4 Å². The smallest absolute Gasteiger partial charge is 0.191 e. The summed E-state index contributed by atoms with van der Waals surface area (Å²) in [4.78, 5) is 16.2. The molecule has 1 atom stereocenters. The fourth-order valence-corrected chi connectivity index (χ4v) is 2.75. The van der Waals surface area contributed by atoms with E-state index in [2.05, 4.69) is 29.5 Å². The molecule has 15 heavy (non-hydrogen) atoms. The van der Waals surface area contributed by atoms with Gasteiger partial charge in [-0.25, -0.2) is 0 Å². The molecule has 2 N–H and O–H groups in total. The molecule has 2 aliphatic rings. The summed E-state index contributed by atoms with van der Waals surface area (Å²) < 4.78 is 0.145. The molecule has 0 radical (unpaired) electrons. The second-order valence-electron chi connectivity index (χ2n) is 3.95. The summed E-state index contributed by atoms with van der Waals surface area (Å²) in [5.74, 6) is 1.36. The summed E-state index contributed by atoms with van der Waals surface area (Å²) >= 11 is 0. The number of hydrogen-bond acceptors (Lipinski definition) is 6. The first-order valence-electron chi connectivity index (χ1n) is 5.09. The van der Waals surface area contributed by atoms with Gasteiger partial charge in [-0.1, -0.05) is 35.4 Å². The highest BCUT2D eigenvalue weighted by molar-refractivity contribution is 8.93. The summed E-state index contributed by atoms with van der Waals surface area (Å²) in [7, 11) is 3.29. The van der Waals surface area contributed by atoms with Crippen molar-refractivity contribution in [1.29, 1.82) is 0 Å². The molecule has 84 valence electrons. The molecule has 0 aromatic rings. The van der Waals surface area contributed by atoms with Crippen LogP contribution in [0.1, 0.15) is 13.8 Å². The number of carbonyl (C=O) groups excluding carboxylic acids is 1. The van der Waals surface area contributed by atoms with Gasteiger partial charge in [-0.15, -0.1) is 0 Å². The first kappa shape index (κ1) is 11.1. The zero-order chi connectivity index (χ0) is 10.8. The van der Waals surface area contributed by atoms with Gasteiger partial charge in [0.05, 0.1) is 12.6 Å². The van der Waals surface area contributed by atoms with Crippen LogP contribution in [0.25, 0.3) is 0 Å². The lowest BCUT2D eigenvalue weighted by molar-refractivity contribution is -0.119. The van der Waals surface area contributed by atoms with Crippen molar-refractivity contribution in [2.24, 2.45) is 10.9 Å². The molecule has 1 fully saturated rings. The number of carbonyl (C=O) groups is 1. The minimum Gasteiger partial charge on any atom is -0.355 e. The third-order valence-corrected chi connectivity index (χ3v) is 4.37. The summed E-state index contributed by atoms with van der Waals surface area (Å²) in [5.41, 5.74) is 0. The third-order valence-electron chi connectivity index (χ3n) is 2.36. The molecule has 4 nitrogen and oxygen atoms in total. The Morgan fingerprint density at radius 2 is 2.33 bits per heavy atom. The van der Waals surface area contributed by atoms with Crippen molar-refractivity contribution in [3.05, 3.63) is 0 Å². The van der Waals surface area contributed by atoms with Crippen LogP contribution in [-0.2, 0) is 4.79 Å². The zero-order valence-corrected chi connectivity index (χ0v) is 10.5. The Morgan fingerprint density at radius 3 is 2.80 bits per heavy atom. The predicted molar refractivity (Wildman–Crippen MR) is 66.0 cm³/mol. The standard InChI is InChI=1S/C9H15N3OS2/c1-5(2)6(7(13)8-14-15-8)12-9-10-3-4-11-9/h5-6,8H,3-4H2,1-2H3,(H2,10,11,12). The molecule has 2 rings (SSSR count). The second kappa shape index (κ2) is 4.65. The van der Waals surface area contributed by atoms with Gasteiger partial charge in [0.25, 0.3) is 0 Å². The molecule has 0 aromatic heterocycles. The lowest BCUT2D eigenvalue weighted by Crippen LogP contribution is -2.49. The second-order valence-corrected chi connectivity index (χ2v) is 6.73. The van der Waals surface area contributed by atoms with Crippen LogP contribution in [0.3, 0.4) is 0 Å². The maximum Gasteiger partial charge on any atom is 0.191 e. The van der Waals surface area contributed by atoms with E-state index in [0.717, 1.165) is 19.0 Å². The highest BCUT2D eigenvalue weighted by Crippen LogP contribution is 2.54. The van der Waals surface area contributed by atoms with Crippen LogP contribution in [0.2, 0.25) is 0 Å². The monoisotopic (exact) mass is 245 g/mol. The van der Waals surface area contributed by atoms with Gasteiger partial charge in [-0.05, 0) is 5.92 Å². The lowest BCUT2D eigenvalue weighted by Gasteiger charge is -2.21. The number of aliphatic imine (C=N–C) groups is 1. The van der Waals surface area contributed by atoms with E-state index in [1.807, 2.05) is 0 Å². The first-order chi connectivity index (χ1) is 7.18. The Hall–Kier alpha value is -0.360. The Bertz CT molecular complexity index is 289. The van der Waals surface area contributed by atoms with E-state index in [4.69, 9.17) is 0 Å². The summed E-state index contributed by atoms with van der Waals surface area (Å²) in [5, 5.41) is 6.33. The van der Waals surface area contributed by atoms with Crippen molar-refractivity contribution in [1.82, 2.24) is 10.6 Å². The van der Waals surface area contributed by atoms with Crippen molar-refractivity contribution < 1.29 is 4.79 Å². The van der Waals surface area contributed by atoms with Gasteiger partial charge in [-0.2, -0.15) is 0 Å². The number of nitrogens with zero attached hydrogens (tertiary/aromatic N) is 1. The van der Waals surface area contributed by atoms with Gasteiger partial charge in [0.2, 0.25) is 0 Å². The Labute approximate surface area is 97.4 Å².